The number of β-amino-alcohol motifs (C(OH)–C–C–N with tert-alkyl or cyclic N) is 1. The lowest BCUT2D eigenvalue weighted by Crippen LogP contribution is -2.57. The van der Waals surface area contributed by atoms with Crippen LogP contribution in [0.15, 0.2) is 78.6 Å². The highest BCUT2D eigenvalue weighted by molar-refractivity contribution is 7.13. The van der Waals surface area contributed by atoms with Gasteiger partial charge in [0.25, 0.3) is 0 Å². The number of aromatic nitrogens is 3. The molecule has 2 aliphatic rings. The Morgan fingerprint density at radius 1 is 0.959 bits per heavy atom. The summed E-state index contributed by atoms with van der Waals surface area (Å²) in [5.74, 6) is -1.07. The van der Waals surface area contributed by atoms with Gasteiger partial charge >= 0.3 is 0 Å². The first kappa shape index (κ1) is 55.2. The molecule has 5 aromatic rings. The number of thiazole rings is 1. The Morgan fingerprint density at radius 2 is 1.69 bits per heavy atom. The number of rotatable bonds is 21. The molecule has 3 atom stereocenters. The number of ether oxygens (including phenoxy) is 1. The van der Waals surface area contributed by atoms with Gasteiger partial charge in [0.15, 0.2) is 0 Å². The second-order valence-corrected chi connectivity index (χ2v) is 21.2. The van der Waals surface area contributed by atoms with E-state index in [0.29, 0.717) is 59.7 Å². The number of benzene rings is 3. The van der Waals surface area contributed by atoms with Crippen LogP contribution in [0, 0.1) is 18.2 Å². The maximum absolute atomic E-state index is 14.0. The molecule has 17 nitrogen and oxygen atoms in total. The van der Waals surface area contributed by atoms with Gasteiger partial charge < -0.3 is 41.3 Å². The van der Waals surface area contributed by atoms with Gasteiger partial charge in [0.1, 0.15) is 35.8 Å². The van der Waals surface area contributed by atoms with Crippen LogP contribution in [0.4, 0.5) is 21.6 Å². The van der Waals surface area contributed by atoms with E-state index >= 15 is 0 Å². The normalized spacial score (nSPS) is 16.8. The summed E-state index contributed by atoms with van der Waals surface area (Å²) in [5, 5.41) is 26.2. The van der Waals surface area contributed by atoms with Crippen LogP contribution in [0.1, 0.15) is 89.8 Å². The fraction of sp³-hybridized carbons (Fsp3) is 0.444. The molecule has 0 saturated carbocycles. The van der Waals surface area contributed by atoms with Crippen LogP contribution in [-0.2, 0) is 30.5 Å². The maximum Gasteiger partial charge on any atom is 0.248 e. The first-order valence-corrected chi connectivity index (χ1v) is 26.3. The van der Waals surface area contributed by atoms with Crippen LogP contribution >= 0.6 is 22.9 Å². The zero-order valence-corrected chi connectivity index (χ0v) is 44.1. The molecule has 394 valence electrons. The van der Waals surface area contributed by atoms with Crippen LogP contribution < -0.4 is 31.3 Å². The number of aryl methyl sites for hydroxylation is 1. The zero-order valence-electron chi connectivity index (χ0n) is 42.5. The molecule has 2 aliphatic heterocycles. The number of aliphatic hydroxyl groups excluding tert-OH is 1. The monoisotopic (exact) mass is 1050 g/mol. The third-order valence-electron chi connectivity index (χ3n) is 13.3. The van der Waals surface area contributed by atoms with Gasteiger partial charge in [-0.15, -0.1) is 11.3 Å². The Bertz CT molecular complexity index is 2820. The number of carbonyl (C=O) groups is 5. The Morgan fingerprint density at radius 3 is 2.36 bits per heavy atom. The summed E-state index contributed by atoms with van der Waals surface area (Å²) in [5.41, 5.74) is 5.56. The molecule has 74 heavy (non-hydrogen) atoms. The van der Waals surface area contributed by atoms with Gasteiger partial charge in [0.05, 0.1) is 45.5 Å². The Balaban J connectivity index is 0.774. The predicted molar refractivity (Wildman–Crippen MR) is 286 cm³/mol. The lowest BCUT2D eigenvalue weighted by Gasteiger charge is -2.35. The number of hydrogen-bond donors (Lipinski definition) is 6. The van der Waals surface area contributed by atoms with E-state index in [1.165, 1.54) is 42.6 Å². The molecule has 1 unspecified atom stereocenters. The second-order valence-electron chi connectivity index (χ2n) is 19.9. The average Bonchev–Trinajstić information content (AvgIpc) is 3.99. The number of fused-ring (bicyclic) bond motifs is 1. The minimum Gasteiger partial charge on any atom is -0.494 e. The first-order valence-electron chi connectivity index (χ1n) is 25.0. The summed E-state index contributed by atoms with van der Waals surface area (Å²) < 4.78 is 19.3. The summed E-state index contributed by atoms with van der Waals surface area (Å²) in [4.78, 5) is 84.3. The van der Waals surface area contributed by atoms with E-state index in [0.717, 1.165) is 60.5 Å². The molecule has 4 heterocycles. The predicted octanol–water partition coefficient (Wildman–Crippen LogP) is 7.83. The fourth-order valence-corrected chi connectivity index (χ4v) is 10.1. The van der Waals surface area contributed by atoms with E-state index in [1.54, 1.807) is 29.5 Å². The van der Waals surface area contributed by atoms with Gasteiger partial charge in [-0.2, -0.15) is 0 Å². The summed E-state index contributed by atoms with van der Waals surface area (Å²) in [7, 11) is 1.50. The van der Waals surface area contributed by atoms with Gasteiger partial charge in [-0.3, -0.25) is 28.9 Å². The number of carbonyl (C=O) groups excluding carboxylic acids is 5. The highest BCUT2D eigenvalue weighted by atomic mass is 35.5. The number of amides is 5. The van der Waals surface area contributed by atoms with Crippen molar-refractivity contribution in [1.82, 2.24) is 40.7 Å². The van der Waals surface area contributed by atoms with E-state index in [4.69, 9.17) is 16.3 Å². The fourth-order valence-electron chi connectivity index (χ4n) is 9.14. The highest BCUT2D eigenvalue weighted by Gasteiger charge is 2.44. The third kappa shape index (κ3) is 15.0. The molecule has 6 N–H and O–H groups in total. The molecule has 5 amide bonds. The number of unbranched alkanes of at least 4 members (excludes halogenated alkanes) is 3. The van der Waals surface area contributed by atoms with Crippen molar-refractivity contribution < 1.29 is 38.2 Å². The van der Waals surface area contributed by atoms with Crippen LogP contribution in [0.25, 0.3) is 21.3 Å². The number of likely N-dealkylation sites (tertiary alicyclic amines) is 2. The number of nitrogens with one attached hydrogen (secondary N) is 5. The quantitative estimate of drug-likeness (QED) is 0.0306. The van der Waals surface area contributed by atoms with Crippen molar-refractivity contribution >= 4 is 80.6 Å². The molecule has 2 fully saturated rings. The molecular formula is C54H66ClFN10O7S. The van der Waals surface area contributed by atoms with Crippen LogP contribution in [0.5, 0.6) is 5.75 Å². The van der Waals surface area contributed by atoms with Crippen LogP contribution in [0.3, 0.4) is 0 Å². The maximum atomic E-state index is 14.0. The molecule has 2 saturated heterocycles. The van der Waals surface area contributed by atoms with Crippen molar-refractivity contribution in [2.75, 3.05) is 43.9 Å². The van der Waals surface area contributed by atoms with Crippen molar-refractivity contribution in [3.63, 3.8) is 0 Å². The number of aliphatic hydroxyl groups is 1. The smallest absolute Gasteiger partial charge is 0.248 e. The Hall–Kier alpha value is -6.54. The van der Waals surface area contributed by atoms with Crippen molar-refractivity contribution in [3.8, 4) is 16.2 Å². The number of nitrogens with zero attached hydrogens (tertiary/aromatic N) is 5. The van der Waals surface area contributed by atoms with Crippen LogP contribution in [0.2, 0.25) is 5.02 Å². The molecule has 0 radical (unpaired) electrons. The number of halogens is 2. The lowest BCUT2D eigenvalue weighted by atomic mass is 9.85. The third-order valence-corrected chi connectivity index (χ3v) is 14.5. The van der Waals surface area contributed by atoms with Crippen molar-refractivity contribution in [3.05, 3.63) is 101 Å². The van der Waals surface area contributed by atoms with E-state index in [9.17, 15) is 33.5 Å². The largest absolute Gasteiger partial charge is 0.494 e. The van der Waals surface area contributed by atoms with Crippen molar-refractivity contribution in [1.29, 1.82) is 0 Å². The molecule has 3 aromatic carbocycles. The SMILES string of the molecule is COc1cc2ncnc(Nc3ccc(F)c(Cl)c3)c2cc1NC(=O)/C=C/CN1CCC(NC(=O)CCCCCCC(=O)NC(C(=O)N2C[C@H](O)C[C@H]2C(=O)NCc2ccc(-c3scnc3C)cc2)C(C)(C)C)CC1. The number of hydrogen-bond acceptors (Lipinski definition) is 13. The Kier molecular flexibility index (Phi) is 19.1. The summed E-state index contributed by atoms with van der Waals surface area (Å²) in [6.45, 7) is 9.89. The molecular weight excluding hydrogens is 987 g/mol. The van der Waals surface area contributed by atoms with Gasteiger partial charge in [0, 0.05) is 81.2 Å². The van der Waals surface area contributed by atoms with Crippen molar-refractivity contribution in [2.24, 2.45) is 5.41 Å². The van der Waals surface area contributed by atoms with E-state index in [1.807, 2.05) is 57.5 Å². The lowest BCUT2D eigenvalue weighted by molar-refractivity contribution is -0.144. The molecule has 0 aliphatic carbocycles. The number of piperidine rings is 1. The summed E-state index contributed by atoms with van der Waals surface area (Å²) in [6.07, 6.45) is 8.86. The number of anilines is 3. The molecule has 7 rings (SSSR count). The summed E-state index contributed by atoms with van der Waals surface area (Å²) in [6, 6.07) is 13.8. The Labute approximate surface area is 440 Å². The second kappa shape index (κ2) is 25.6. The standard InChI is InChI=1S/C54H66ClFN10O7S/c1-33-49(74-32-60-33)35-16-14-34(15-17-35)29-57-52(71)44-26-38(67)30-66(44)53(72)50(54(2,3)4)64-48(70)12-9-7-6-8-11-46(68)61-36-20-23-65(24-21-36)22-10-13-47(69)63-43-27-39-42(28-45(43)73-5)58-31-59-51(39)62-37-18-19-41(56)40(55)25-37/h10,13-19,25,27-28,31-32,36,38,44,50,67H,6-9,11-12,20-24,26,29-30H2,1-5H3,(H,57,71)(H,61,68)(H,63,69)(H,64,70)(H,58,59,62)/b13-10+/t38-,44+,50?/m1/s1. The van der Waals surface area contributed by atoms with E-state index in [2.05, 4.69) is 46.4 Å². The molecule has 0 spiro atoms. The molecule has 20 heteroatoms. The summed E-state index contributed by atoms with van der Waals surface area (Å²) >= 11 is 7.54. The minimum atomic E-state index is -0.905. The average molecular weight is 1050 g/mol. The first-order chi connectivity index (χ1) is 35.4. The van der Waals surface area contributed by atoms with Gasteiger partial charge in [0.2, 0.25) is 29.5 Å². The topological polar surface area (TPSA) is 220 Å². The molecule has 2 aromatic heterocycles. The van der Waals surface area contributed by atoms with Crippen molar-refractivity contribution in [2.45, 2.75) is 116 Å². The van der Waals surface area contributed by atoms with E-state index < -0.39 is 35.3 Å². The highest BCUT2D eigenvalue weighted by Crippen LogP contribution is 2.34. The van der Waals surface area contributed by atoms with E-state index in [-0.39, 0.29) is 60.6 Å². The zero-order chi connectivity index (χ0) is 52.9. The molecule has 0 bridgehead atoms. The number of methoxy groups -OCH3 is 1. The van der Waals surface area contributed by atoms with Gasteiger partial charge in [-0.1, -0.05) is 75.6 Å². The minimum absolute atomic E-state index is 0.00110. The van der Waals surface area contributed by atoms with Crippen LogP contribution in [-0.4, -0.2) is 117 Å². The van der Waals surface area contributed by atoms with Gasteiger partial charge in [-0.25, -0.2) is 19.3 Å². The van der Waals surface area contributed by atoms with Gasteiger partial charge in [-0.05, 0) is 73.4 Å².